The smallest absolute Gasteiger partial charge is 0.323 e. The number of para-hydroxylation sites is 2. The van der Waals surface area contributed by atoms with Crippen LogP contribution in [0.4, 0.5) is 0 Å². The van der Waals surface area contributed by atoms with Crippen molar-refractivity contribution < 1.29 is 96.3 Å². The van der Waals surface area contributed by atoms with Gasteiger partial charge in [-0.1, -0.05) is 123 Å². The maximum absolute atomic E-state index is 15.6. The van der Waals surface area contributed by atoms with Crippen molar-refractivity contribution in [3.63, 3.8) is 0 Å². The number of nitrogens with one attached hydrogen (secondary N) is 11. The summed E-state index contributed by atoms with van der Waals surface area (Å²) in [5.74, 6) is -16.2. The van der Waals surface area contributed by atoms with E-state index < -0.39 is 246 Å². The van der Waals surface area contributed by atoms with E-state index >= 15 is 43.2 Å². The van der Waals surface area contributed by atoms with E-state index in [0.717, 1.165) is 14.7 Å². The molecule has 0 aliphatic carbocycles. The van der Waals surface area contributed by atoms with Gasteiger partial charge in [-0.3, -0.25) is 81.5 Å². The molecular weight excluding hydrogens is 1740 g/mol. The van der Waals surface area contributed by atoms with Crippen LogP contribution in [0.25, 0.3) is 21.8 Å². The van der Waals surface area contributed by atoms with Crippen LogP contribution in [0, 0.1) is 5.92 Å². The van der Waals surface area contributed by atoms with Crippen molar-refractivity contribution in [2.45, 2.75) is 227 Å². The molecule has 2 aromatic heterocycles. The second-order valence-electron chi connectivity index (χ2n) is 35.4. The first-order valence-corrected chi connectivity index (χ1v) is 46.7. The van der Waals surface area contributed by atoms with Crippen molar-refractivity contribution in [2.75, 3.05) is 58.3 Å². The van der Waals surface area contributed by atoms with Crippen LogP contribution in [-0.2, 0) is 125 Å². The highest BCUT2D eigenvalue weighted by Gasteiger charge is 2.50. The number of allylic oxidation sites excluding steroid dienone is 2. The number of aliphatic hydroxyl groups excluding tert-OH is 1. The number of benzene rings is 4. The number of carbonyl (C=O) groups is 17. The van der Waals surface area contributed by atoms with E-state index in [9.17, 15) is 53.1 Å². The molecule has 712 valence electrons. The number of carboxylic acid groups (broad SMARTS) is 1. The maximum atomic E-state index is 15.6. The summed E-state index contributed by atoms with van der Waals surface area (Å²) in [7, 11) is 2.63. The third-order valence-corrected chi connectivity index (χ3v) is 26.7. The van der Waals surface area contributed by atoms with Gasteiger partial charge in [-0.15, -0.1) is 0 Å². The molecule has 4 bridgehead atoms. The molecule has 5 saturated heterocycles. The van der Waals surface area contributed by atoms with Crippen LogP contribution in [-0.4, -0.2) is 298 Å². The SMILES string of the molecule is CC(C)C[C@@H]1NC(=O)C2CC/C=C\CCC(NC(=O)[C@H](Cc3cn(CC(=O)O)c4ccccc34)NC(=O)[C@H](CCN)NC(=O)[C@H](Cc3c[nH]c4ccccc34)NC(=O)[C@@H]3C[C@@H](O)CN3C(=O)C(Cc3ccccc3)NC(=O)CNC(=O)[C@H]3CCC4CC[C@@H](NC(=O)[C@@H]5CCCN5C(=O)[C@H](Cc5ccccc5)NC(=O)C[S+]([O-])C[C@@H](CC(=O)NCC(N)=O)N(C)C1=O)C(=O)N43)C(=O)N2C. The third-order valence-electron chi connectivity index (χ3n) is 25.4. The number of hydrogen-bond donors (Lipinski definition) is 15. The lowest BCUT2D eigenvalue weighted by Gasteiger charge is -2.38. The lowest BCUT2D eigenvalue weighted by atomic mass is 9.97. The predicted octanol–water partition coefficient (Wildman–Crippen LogP) is -1.49. The molecule has 8 heterocycles. The quantitative estimate of drug-likeness (QED) is 0.0344. The van der Waals surface area contributed by atoms with Gasteiger partial charge in [0, 0.05) is 99.5 Å². The van der Waals surface area contributed by atoms with Gasteiger partial charge < -0.3 is 113 Å². The Morgan fingerprint density at radius 2 is 1.12 bits per heavy atom. The number of nitrogens with two attached hydrogens (primary N) is 2. The number of likely N-dealkylation sites (N-methyl/N-ethyl adjacent to an activating group) is 2. The average molecular weight is 1860 g/mol. The lowest BCUT2D eigenvalue weighted by molar-refractivity contribution is -0.147. The molecule has 0 radical (unpaired) electrons. The largest absolute Gasteiger partial charge is 0.616 e. The number of aromatic amines is 1. The summed E-state index contributed by atoms with van der Waals surface area (Å²) >= 11 is -2.28. The van der Waals surface area contributed by atoms with Gasteiger partial charge in [-0.2, -0.15) is 0 Å². The fraction of sp³-hybridized carbons (Fsp3) is 0.495. The third kappa shape index (κ3) is 25.6. The van der Waals surface area contributed by atoms with Gasteiger partial charge in [-0.25, -0.2) is 0 Å². The summed E-state index contributed by atoms with van der Waals surface area (Å²) in [5.41, 5.74) is 14.7. The number of hydrogen-bond acceptors (Lipinski definition) is 20. The molecule has 16 atom stereocenters. The molecule has 39 nitrogen and oxygen atoms in total. The Hall–Kier alpha value is -13.1. The standard InChI is InChI=1S/C93H119N19O20S/c1-53(2)38-69-90(128)107(3)59(43-78(115)97-46-77(95)114)51-133(132)52-80(117)100-70(39-54-20-9-7-10-21-54)91(129)110-37-19-30-74(110)87(125)103-66-33-31-58-32-34-75(112(58)93(66)131)85(123)98-47-79(116)99-71(40-55-22-11-8-12-23-55)92(130)111-49-60(113)44-76(111)88(126)105-67(41-56-45-96-63-26-17-15-24-61(56)63)83(121)101-64(35-36-94)82(120)104-68(42-57-48-109(50-81(118)119)72-28-18-16-25-62(57)72)84(122)102-65-27-13-5-6-14-29-73(86(124)106-69)108(4)89(65)127/h5-12,15-18,20-26,28,45,48,53,58-60,64-71,73-76,96,113H,13-14,19,27,29-44,46-47,49-52,94H2,1-4H3,(H2,95,114)(H,97,115)(H,98,123)(H,99,116)(H,100,117)(H,101,121)(H,102,122)(H,103,125)(H,104,120)(H,105,126)(H,106,124)(H,118,119)/b6-5-/t58?,59-,60-,64+,65?,66-,67+,68+,69+,70+,71?,73?,74+,75-,76+,133?/m1/s1. The summed E-state index contributed by atoms with van der Waals surface area (Å²) in [6.07, 6.45) is 4.93. The van der Waals surface area contributed by atoms with Crippen LogP contribution in [0.5, 0.6) is 0 Å². The molecule has 5 fully saturated rings. The summed E-state index contributed by atoms with van der Waals surface area (Å²) in [5, 5.41) is 50.0. The Labute approximate surface area is 771 Å². The highest BCUT2D eigenvalue weighted by molar-refractivity contribution is 7.92. The number of fused-ring (bicyclic) bond motifs is 8. The zero-order valence-electron chi connectivity index (χ0n) is 74.8. The molecule has 17 N–H and O–H groups in total. The van der Waals surface area contributed by atoms with Gasteiger partial charge in [0.2, 0.25) is 88.6 Å². The Bertz CT molecular complexity index is 5320. The van der Waals surface area contributed by atoms with Crippen LogP contribution >= 0.6 is 0 Å². The van der Waals surface area contributed by atoms with Gasteiger partial charge in [0.15, 0.2) is 5.75 Å². The van der Waals surface area contributed by atoms with Gasteiger partial charge in [0.1, 0.15) is 84.8 Å². The number of rotatable bonds is 18. The molecule has 4 aromatic carbocycles. The lowest BCUT2D eigenvalue weighted by Crippen LogP contribution is -2.61. The molecular formula is C93H119N19O20S. The first kappa shape index (κ1) is 98.9. The molecule has 6 aliphatic heterocycles. The van der Waals surface area contributed by atoms with Crippen LogP contribution in [0.3, 0.4) is 0 Å². The zero-order chi connectivity index (χ0) is 95.4. The van der Waals surface area contributed by atoms with E-state index in [1.807, 2.05) is 0 Å². The molecule has 16 amide bonds. The molecule has 6 aliphatic rings. The van der Waals surface area contributed by atoms with Crippen LogP contribution in [0.15, 0.2) is 134 Å². The first-order valence-electron chi connectivity index (χ1n) is 45.2. The summed E-state index contributed by atoms with van der Waals surface area (Å²) in [6, 6.07) is 12.2. The Morgan fingerprint density at radius 3 is 1.80 bits per heavy atom. The van der Waals surface area contributed by atoms with Crippen molar-refractivity contribution in [2.24, 2.45) is 17.4 Å². The fourth-order valence-corrected chi connectivity index (χ4v) is 19.9. The maximum Gasteiger partial charge on any atom is 0.323 e. The molecule has 40 heteroatoms. The van der Waals surface area contributed by atoms with E-state index in [4.69, 9.17) is 11.5 Å². The Morgan fingerprint density at radius 1 is 0.549 bits per heavy atom. The van der Waals surface area contributed by atoms with E-state index in [-0.39, 0.29) is 109 Å². The second-order valence-corrected chi connectivity index (χ2v) is 36.9. The van der Waals surface area contributed by atoms with Crippen molar-refractivity contribution in [1.82, 2.24) is 87.2 Å². The number of aliphatic hydroxyl groups is 1. The molecule has 133 heavy (non-hydrogen) atoms. The first-order chi connectivity index (χ1) is 63.7. The number of carbonyl (C=O) groups excluding carboxylic acids is 16. The number of amides is 16. The van der Waals surface area contributed by atoms with Crippen molar-refractivity contribution in [1.29, 1.82) is 0 Å². The summed E-state index contributed by atoms with van der Waals surface area (Å²) in [4.78, 5) is 258. The van der Waals surface area contributed by atoms with Gasteiger partial charge in [-0.05, 0) is 135 Å². The van der Waals surface area contributed by atoms with E-state index in [1.54, 1.807) is 141 Å². The van der Waals surface area contributed by atoms with E-state index in [0.29, 0.717) is 63.3 Å². The molecule has 5 unspecified atom stereocenters. The molecule has 0 spiro atoms. The zero-order valence-corrected chi connectivity index (χ0v) is 75.6. The number of piperidine rings is 1. The number of nitrogens with zero attached hydrogens (tertiary/aromatic N) is 6. The molecule has 0 saturated carbocycles. The molecule has 12 rings (SSSR count). The summed E-state index contributed by atoms with van der Waals surface area (Å²) < 4.78 is 16.0. The summed E-state index contributed by atoms with van der Waals surface area (Å²) in [6.45, 7) is 1.02. The minimum atomic E-state index is -2.28. The number of aromatic nitrogens is 2. The van der Waals surface area contributed by atoms with Gasteiger partial charge in [0.25, 0.3) is 5.91 Å². The van der Waals surface area contributed by atoms with Crippen LogP contribution in [0.1, 0.15) is 126 Å². The monoisotopic (exact) mass is 1850 g/mol. The second kappa shape index (κ2) is 45.8. The number of H-pyrrole nitrogens is 1. The van der Waals surface area contributed by atoms with E-state index in [2.05, 4.69) is 58.2 Å². The Balaban J connectivity index is 0.877. The minimum absolute atomic E-state index is 0.0393. The predicted molar refractivity (Wildman–Crippen MR) is 486 cm³/mol. The number of aliphatic carboxylic acids is 1. The van der Waals surface area contributed by atoms with Crippen LogP contribution < -0.4 is 64.6 Å². The number of primary amides is 1. The minimum Gasteiger partial charge on any atom is -0.616 e. The van der Waals surface area contributed by atoms with E-state index in [1.165, 1.54) is 34.7 Å². The van der Waals surface area contributed by atoms with Gasteiger partial charge in [0.05, 0.1) is 31.7 Å². The fourth-order valence-electron chi connectivity index (χ4n) is 18.6. The normalized spacial score (nSPS) is 27.1. The van der Waals surface area contributed by atoms with Crippen molar-refractivity contribution >= 4 is 133 Å². The van der Waals surface area contributed by atoms with Crippen LogP contribution in [0.2, 0.25) is 0 Å². The highest BCUT2D eigenvalue weighted by Crippen LogP contribution is 2.34. The van der Waals surface area contributed by atoms with Gasteiger partial charge >= 0.3 is 5.97 Å². The Kier molecular flexibility index (Phi) is 34.1. The molecule has 6 aromatic rings. The average Bonchev–Trinajstić information content (AvgIpc) is 1.66. The highest BCUT2D eigenvalue weighted by atomic mass is 32.2. The van der Waals surface area contributed by atoms with Crippen molar-refractivity contribution in [3.05, 3.63) is 156 Å². The topological polar surface area (TPSA) is 563 Å². The number of carboxylic acids is 1. The van der Waals surface area contributed by atoms with Crippen molar-refractivity contribution in [3.8, 4) is 0 Å².